The summed E-state index contributed by atoms with van der Waals surface area (Å²) in [5, 5.41) is 0. The molecule has 19 heavy (non-hydrogen) atoms. The lowest BCUT2D eigenvalue weighted by Gasteiger charge is -2.10. The third-order valence-electron chi connectivity index (χ3n) is 3.41. The topological polar surface area (TPSA) is 52.3 Å². The Morgan fingerprint density at radius 3 is 2.00 bits per heavy atom. The van der Waals surface area contributed by atoms with E-state index in [0.29, 0.717) is 13.0 Å². The minimum absolute atomic E-state index is 0.0244. The summed E-state index contributed by atoms with van der Waals surface area (Å²) in [6, 6.07) is -0.0244. The normalized spacial score (nSPS) is 12.4. The zero-order valence-corrected chi connectivity index (χ0v) is 13.0. The Morgan fingerprint density at radius 1 is 0.947 bits per heavy atom. The molecule has 0 aromatic rings. The van der Waals surface area contributed by atoms with Crippen molar-refractivity contribution in [3.63, 3.8) is 0 Å². The van der Waals surface area contributed by atoms with Crippen molar-refractivity contribution in [1.82, 2.24) is 0 Å². The van der Waals surface area contributed by atoms with Crippen LogP contribution in [0.1, 0.15) is 84.5 Å². The molecule has 1 atom stereocenters. The van der Waals surface area contributed by atoms with E-state index < -0.39 is 0 Å². The molecule has 0 rings (SSSR count). The largest absolute Gasteiger partial charge is 0.466 e. The van der Waals surface area contributed by atoms with Gasteiger partial charge in [-0.25, -0.2) is 0 Å². The Hall–Kier alpha value is -0.570. The minimum atomic E-state index is -0.161. The summed E-state index contributed by atoms with van der Waals surface area (Å²) >= 11 is 0. The van der Waals surface area contributed by atoms with Crippen LogP contribution in [0.4, 0.5) is 0 Å². The number of hydrogen-bond donors (Lipinski definition) is 1. The highest BCUT2D eigenvalue weighted by Gasteiger charge is 2.09. The maximum Gasteiger partial charge on any atom is 0.307 e. The van der Waals surface area contributed by atoms with Gasteiger partial charge >= 0.3 is 5.97 Å². The van der Waals surface area contributed by atoms with Gasteiger partial charge in [-0.05, 0) is 13.3 Å². The van der Waals surface area contributed by atoms with Gasteiger partial charge in [-0.1, -0.05) is 64.7 Å². The van der Waals surface area contributed by atoms with Gasteiger partial charge in [-0.3, -0.25) is 4.79 Å². The number of esters is 1. The maximum atomic E-state index is 11.2. The smallest absolute Gasteiger partial charge is 0.307 e. The van der Waals surface area contributed by atoms with Crippen LogP contribution in [0.25, 0.3) is 0 Å². The van der Waals surface area contributed by atoms with E-state index in [-0.39, 0.29) is 12.0 Å². The van der Waals surface area contributed by atoms with Crippen molar-refractivity contribution in [2.75, 3.05) is 6.61 Å². The molecule has 3 heteroatoms. The Morgan fingerprint density at radius 2 is 1.47 bits per heavy atom. The molecule has 0 radical (unpaired) electrons. The lowest BCUT2D eigenvalue weighted by molar-refractivity contribution is -0.143. The van der Waals surface area contributed by atoms with E-state index in [4.69, 9.17) is 10.5 Å². The summed E-state index contributed by atoms with van der Waals surface area (Å²) in [6.45, 7) is 4.52. The third-order valence-corrected chi connectivity index (χ3v) is 3.41. The van der Waals surface area contributed by atoms with Crippen LogP contribution < -0.4 is 5.73 Å². The maximum absolute atomic E-state index is 11.2. The van der Waals surface area contributed by atoms with Crippen LogP contribution >= 0.6 is 0 Å². The van der Waals surface area contributed by atoms with E-state index >= 15 is 0 Å². The third kappa shape index (κ3) is 13.7. The Kier molecular flexibility index (Phi) is 13.4. The first kappa shape index (κ1) is 18.4. The van der Waals surface area contributed by atoms with Crippen molar-refractivity contribution in [2.24, 2.45) is 5.73 Å². The van der Waals surface area contributed by atoms with Crippen molar-refractivity contribution in [2.45, 2.75) is 90.5 Å². The molecule has 114 valence electrons. The van der Waals surface area contributed by atoms with E-state index in [1.165, 1.54) is 51.4 Å². The van der Waals surface area contributed by atoms with E-state index in [1.807, 2.05) is 6.92 Å². The molecule has 3 nitrogen and oxygen atoms in total. The number of nitrogens with two attached hydrogens (primary N) is 1. The van der Waals surface area contributed by atoms with Gasteiger partial charge in [0.15, 0.2) is 0 Å². The van der Waals surface area contributed by atoms with E-state index in [1.54, 1.807) is 0 Å². The number of carbonyl (C=O) groups excluding carboxylic acids is 1. The molecule has 0 saturated carbocycles. The van der Waals surface area contributed by atoms with Crippen LogP contribution in [0.15, 0.2) is 0 Å². The molecular formula is C16H33NO2. The zero-order chi connectivity index (χ0) is 14.3. The molecule has 0 aromatic heterocycles. The molecular weight excluding hydrogens is 238 g/mol. The molecule has 0 amide bonds. The zero-order valence-electron chi connectivity index (χ0n) is 13.0. The molecule has 0 bridgehead atoms. The van der Waals surface area contributed by atoms with Crippen molar-refractivity contribution in [3.8, 4) is 0 Å². The van der Waals surface area contributed by atoms with Gasteiger partial charge in [0.25, 0.3) is 0 Å². The first-order valence-corrected chi connectivity index (χ1v) is 8.11. The van der Waals surface area contributed by atoms with Crippen LogP contribution in [0.5, 0.6) is 0 Å². The molecule has 2 N–H and O–H groups in total. The van der Waals surface area contributed by atoms with Crippen LogP contribution in [0.3, 0.4) is 0 Å². The SMILES string of the molecule is CCCCCCCCCCC[C@H](N)CC(=O)OCC. The molecule has 0 unspecified atom stereocenters. The second-order valence-corrected chi connectivity index (χ2v) is 5.39. The van der Waals surface area contributed by atoms with Gasteiger partial charge < -0.3 is 10.5 Å². The first-order valence-electron chi connectivity index (χ1n) is 8.11. The number of ether oxygens (including phenoxy) is 1. The number of rotatable bonds is 13. The summed E-state index contributed by atoms with van der Waals surface area (Å²) in [5.41, 5.74) is 5.90. The molecule has 0 spiro atoms. The number of unbranched alkanes of at least 4 members (excludes halogenated alkanes) is 8. The molecule has 0 fully saturated rings. The Bertz CT molecular complexity index is 207. The Labute approximate surface area is 119 Å². The summed E-state index contributed by atoms with van der Waals surface area (Å²) in [6.07, 6.45) is 13.2. The standard InChI is InChI=1S/C16H33NO2/c1-3-5-6-7-8-9-10-11-12-13-15(17)14-16(18)19-4-2/h15H,3-14,17H2,1-2H3/t15-/m0/s1. The fourth-order valence-corrected chi connectivity index (χ4v) is 2.25. The Balaban J connectivity index is 3.22. The van der Waals surface area contributed by atoms with Gasteiger partial charge in [0.05, 0.1) is 13.0 Å². The summed E-state index contributed by atoms with van der Waals surface area (Å²) in [4.78, 5) is 11.2. The average molecular weight is 271 g/mol. The molecule has 0 heterocycles. The summed E-state index contributed by atoms with van der Waals surface area (Å²) in [7, 11) is 0. The van der Waals surface area contributed by atoms with E-state index in [0.717, 1.165) is 12.8 Å². The minimum Gasteiger partial charge on any atom is -0.466 e. The van der Waals surface area contributed by atoms with Crippen LogP contribution in [0, 0.1) is 0 Å². The highest BCUT2D eigenvalue weighted by Crippen LogP contribution is 2.11. The highest BCUT2D eigenvalue weighted by molar-refractivity contribution is 5.70. The lowest BCUT2D eigenvalue weighted by Crippen LogP contribution is -2.24. The van der Waals surface area contributed by atoms with Crippen molar-refractivity contribution >= 4 is 5.97 Å². The molecule has 0 aliphatic carbocycles. The molecule has 0 aliphatic rings. The fourth-order valence-electron chi connectivity index (χ4n) is 2.25. The monoisotopic (exact) mass is 271 g/mol. The van der Waals surface area contributed by atoms with Crippen LogP contribution in [-0.2, 0) is 9.53 Å². The summed E-state index contributed by atoms with van der Waals surface area (Å²) < 4.78 is 4.89. The second-order valence-electron chi connectivity index (χ2n) is 5.39. The van der Waals surface area contributed by atoms with Crippen molar-refractivity contribution < 1.29 is 9.53 Å². The predicted molar refractivity (Wildman–Crippen MR) is 81.1 cm³/mol. The van der Waals surface area contributed by atoms with Gasteiger partial charge in [-0.15, -0.1) is 0 Å². The van der Waals surface area contributed by atoms with Gasteiger partial charge in [0, 0.05) is 6.04 Å². The quantitative estimate of drug-likeness (QED) is 0.404. The van der Waals surface area contributed by atoms with E-state index in [9.17, 15) is 4.79 Å². The molecule has 0 aromatic carbocycles. The van der Waals surface area contributed by atoms with Crippen molar-refractivity contribution in [1.29, 1.82) is 0 Å². The van der Waals surface area contributed by atoms with Crippen LogP contribution in [-0.4, -0.2) is 18.6 Å². The van der Waals surface area contributed by atoms with Crippen LogP contribution in [0.2, 0.25) is 0 Å². The number of hydrogen-bond acceptors (Lipinski definition) is 3. The van der Waals surface area contributed by atoms with Gasteiger partial charge in [0.1, 0.15) is 0 Å². The highest BCUT2D eigenvalue weighted by atomic mass is 16.5. The van der Waals surface area contributed by atoms with Gasteiger partial charge in [0.2, 0.25) is 0 Å². The summed E-state index contributed by atoms with van der Waals surface area (Å²) in [5.74, 6) is -0.161. The van der Waals surface area contributed by atoms with Gasteiger partial charge in [-0.2, -0.15) is 0 Å². The first-order chi connectivity index (χ1) is 9.20. The second kappa shape index (κ2) is 13.9. The average Bonchev–Trinajstić information content (AvgIpc) is 2.37. The van der Waals surface area contributed by atoms with E-state index in [2.05, 4.69) is 6.92 Å². The van der Waals surface area contributed by atoms with Crippen molar-refractivity contribution in [3.05, 3.63) is 0 Å². The molecule has 0 aliphatic heterocycles. The predicted octanol–water partition coefficient (Wildman–Crippen LogP) is 4.19. The molecule has 0 saturated heterocycles. The lowest BCUT2D eigenvalue weighted by atomic mass is 10.0. The fraction of sp³-hybridized carbons (Fsp3) is 0.938. The number of carbonyl (C=O) groups is 1.